The number of H-pyrrole nitrogens is 1. The zero-order chi connectivity index (χ0) is 11.8. The van der Waals surface area contributed by atoms with Crippen molar-refractivity contribution in [3.63, 3.8) is 0 Å². The van der Waals surface area contributed by atoms with Crippen LogP contribution in [0.4, 0.5) is 0 Å². The average molecular weight is 260 g/mol. The zero-order valence-corrected chi connectivity index (χ0v) is 10.9. The molecule has 90 valence electrons. The predicted octanol–water partition coefficient (Wildman–Crippen LogP) is 1.86. The van der Waals surface area contributed by atoms with Crippen LogP contribution in [0.3, 0.4) is 0 Å². The van der Waals surface area contributed by atoms with E-state index in [9.17, 15) is 8.42 Å². The topological polar surface area (TPSA) is 54.9 Å². The van der Waals surface area contributed by atoms with E-state index in [0.29, 0.717) is 17.1 Å². The predicted molar refractivity (Wildman–Crippen MR) is 65.9 cm³/mol. The summed E-state index contributed by atoms with van der Waals surface area (Å²) in [7, 11) is -2.92. The molecule has 1 aromatic rings. The highest BCUT2D eigenvalue weighted by Crippen LogP contribution is 2.38. The van der Waals surface area contributed by atoms with Crippen LogP contribution in [0.1, 0.15) is 31.4 Å². The molecule has 2 rings (SSSR count). The number of hydrogen-bond donors (Lipinski definition) is 1. The minimum Gasteiger partial charge on any atom is -0.301 e. The minimum atomic E-state index is -2.92. The van der Waals surface area contributed by atoms with Gasteiger partial charge >= 0.3 is 0 Å². The summed E-state index contributed by atoms with van der Waals surface area (Å²) in [5.41, 5.74) is 1.15. The van der Waals surface area contributed by atoms with Gasteiger partial charge in [-0.3, -0.25) is 4.68 Å². The van der Waals surface area contributed by atoms with Gasteiger partial charge in [-0.1, -0.05) is 19.1 Å². The smallest absolute Gasteiger partial charge is 0.151 e. The van der Waals surface area contributed by atoms with Crippen molar-refractivity contribution in [3.05, 3.63) is 16.4 Å². The number of aryl methyl sites for hydroxylation is 1. The van der Waals surface area contributed by atoms with Gasteiger partial charge in [0, 0.05) is 17.4 Å². The first-order valence-corrected chi connectivity index (χ1v) is 7.75. The molecule has 1 aliphatic carbocycles. The summed E-state index contributed by atoms with van der Waals surface area (Å²) in [5, 5.41) is 3.19. The monoisotopic (exact) mass is 260 g/mol. The Morgan fingerprint density at radius 3 is 2.81 bits per heavy atom. The lowest BCUT2D eigenvalue weighted by atomic mass is 10.3. The first-order valence-electron chi connectivity index (χ1n) is 5.52. The SMILES string of the molecule is CCS(=O)(=O)CCn1[nH]c(C2CC2)cc1=S. The second-order valence-corrected chi connectivity index (χ2v) is 7.10. The molecule has 0 bridgehead atoms. The lowest BCUT2D eigenvalue weighted by molar-refractivity contribution is 0.578. The Bertz CT molecular complexity index is 523. The maximum Gasteiger partial charge on any atom is 0.151 e. The lowest BCUT2D eigenvalue weighted by Gasteiger charge is -2.03. The molecule has 4 nitrogen and oxygen atoms in total. The van der Waals surface area contributed by atoms with E-state index >= 15 is 0 Å². The maximum atomic E-state index is 11.4. The van der Waals surface area contributed by atoms with Gasteiger partial charge in [0.25, 0.3) is 0 Å². The number of hydrogen-bond acceptors (Lipinski definition) is 3. The van der Waals surface area contributed by atoms with Gasteiger partial charge in [0.05, 0.1) is 12.3 Å². The Hall–Kier alpha value is -0.620. The van der Waals surface area contributed by atoms with Crippen LogP contribution in [0.15, 0.2) is 6.07 Å². The molecule has 0 aromatic carbocycles. The number of rotatable bonds is 5. The maximum absolute atomic E-state index is 11.4. The van der Waals surface area contributed by atoms with E-state index in [4.69, 9.17) is 12.2 Å². The first kappa shape index (κ1) is 11.9. The average Bonchev–Trinajstić information content (AvgIpc) is 3.01. The Balaban J connectivity index is 2.07. The Morgan fingerprint density at radius 1 is 1.56 bits per heavy atom. The Labute approximate surface area is 101 Å². The minimum absolute atomic E-state index is 0.155. The van der Waals surface area contributed by atoms with Crippen molar-refractivity contribution in [2.45, 2.75) is 32.2 Å². The highest BCUT2D eigenvalue weighted by atomic mass is 32.2. The highest BCUT2D eigenvalue weighted by Gasteiger charge is 2.25. The molecule has 0 radical (unpaired) electrons. The van der Waals surface area contributed by atoms with Gasteiger partial charge in [0.2, 0.25) is 0 Å². The van der Waals surface area contributed by atoms with Crippen molar-refractivity contribution in [1.29, 1.82) is 0 Å². The van der Waals surface area contributed by atoms with E-state index in [1.54, 1.807) is 11.6 Å². The number of sulfone groups is 1. The molecule has 0 unspecified atom stereocenters. The van der Waals surface area contributed by atoms with Crippen LogP contribution >= 0.6 is 12.2 Å². The summed E-state index contributed by atoms with van der Waals surface area (Å²) in [6.45, 7) is 2.10. The van der Waals surface area contributed by atoms with Gasteiger partial charge in [0.15, 0.2) is 9.84 Å². The number of aromatic amines is 1. The number of aromatic nitrogens is 2. The van der Waals surface area contributed by atoms with E-state index in [0.717, 1.165) is 5.69 Å². The van der Waals surface area contributed by atoms with E-state index in [-0.39, 0.29) is 11.5 Å². The fourth-order valence-corrected chi connectivity index (χ4v) is 2.61. The van der Waals surface area contributed by atoms with Crippen LogP contribution in [0.2, 0.25) is 0 Å². The fraction of sp³-hybridized carbons (Fsp3) is 0.700. The van der Waals surface area contributed by atoms with Gasteiger partial charge < -0.3 is 5.10 Å². The summed E-state index contributed by atoms with van der Waals surface area (Å²) in [4.78, 5) is 0. The highest BCUT2D eigenvalue weighted by molar-refractivity contribution is 7.91. The van der Waals surface area contributed by atoms with Crippen molar-refractivity contribution < 1.29 is 8.42 Å². The van der Waals surface area contributed by atoms with Gasteiger partial charge in [-0.25, -0.2) is 8.42 Å². The summed E-state index contributed by atoms with van der Waals surface area (Å²) in [6.07, 6.45) is 2.42. The first-order chi connectivity index (χ1) is 7.52. The van der Waals surface area contributed by atoms with Gasteiger partial charge in [-0.2, -0.15) is 0 Å². The molecule has 0 aliphatic heterocycles. The van der Waals surface area contributed by atoms with Crippen molar-refractivity contribution in [1.82, 2.24) is 9.78 Å². The second-order valence-electron chi connectivity index (χ2n) is 4.21. The van der Waals surface area contributed by atoms with Crippen LogP contribution in [-0.2, 0) is 16.4 Å². The molecular formula is C10H16N2O2S2. The normalized spacial score (nSPS) is 16.6. The largest absolute Gasteiger partial charge is 0.301 e. The summed E-state index contributed by atoms with van der Waals surface area (Å²) in [6, 6.07) is 1.95. The van der Waals surface area contributed by atoms with E-state index < -0.39 is 9.84 Å². The molecule has 6 heteroatoms. The molecule has 0 saturated heterocycles. The Kier molecular flexibility index (Phi) is 3.21. The molecule has 1 saturated carbocycles. The molecular weight excluding hydrogens is 244 g/mol. The lowest BCUT2D eigenvalue weighted by Crippen LogP contribution is -2.15. The fourth-order valence-electron chi connectivity index (χ4n) is 1.60. The molecule has 1 N–H and O–H groups in total. The van der Waals surface area contributed by atoms with Crippen LogP contribution in [-0.4, -0.2) is 29.7 Å². The summed E-state index contributed by atoms with van der Waals surface area (Å²) < 4.78 is 25.2. The third-order valence-electron chi connectivity index (χ3n) is 2.89. The summed E-state index contributed by atoms with van der Waals surface area (Å²) in [5.74, 6) is 0.963. The number of nitrogens with zero attached hydrogens (tertiary/aromatic N) is 1. The molecule has 0 atom stereocenters. The van der Waals surface area contributed by atoms with Crippen LogP contribution in [0.5, 0.6) is 0 Å². The van der Waals surface area contributed by atoms with E-state index in [1.807, 2.05) is 6.07 Å². The molecule has 1 aliphatic rings. The van der Waals surface area contributed by atoms with Crippen LogP contribution in [0, 0.1) is 4.64 Å². The molecule has 0 amide bonds. The van der Waals surface area contributed by atoms with Crippen molar-refractivity contribution in [2.24, 2.45) is 0 Å². The van der Waals surface area contributed by atoms with Crippen molar-refractivity contribution >= 4 is 22.1 Å². The third-order valence-corrected chi connectivity index (χ3v) is 4.91. The van der Waals surface area contributed by atoms with E-state index in [1.165, 1.54) is 12.8 Å². The van der Waals surface area contributed by atoms with E-state index in [2.05, 4.69) is 5.10 Å². The van der Waals surface area contributed by atoms with Crippen molar-refractivity contribution in [2.75, 3.05) is 11.5 Å². The molecule has 1 fully saturated rings. The van der Waals surface area contributed by atoms with Crippen LogP contribution < -0.4 is 0 Å². The van der Waals surface area contributed by atoms with Crippen LogP contribution in [0.25, 0.3) is 0 Å². The molecule has 0 spiro atoms. The van der Waals surface area contributed by atoms with Gasteiger partial charge in [-0.15, -0.1) is 0 Å². The van der Waals surface area contributed by atoms with Gasteiger partial charge in [0.1, 0.15) is 4.64 Å². The second kappa shape index (κ2) is 4.33. The number of nitrogens with one attached hydrogen (secondary N) is 1. The van der Waals surface area contributed by atoms with Crippen molar-refractivity contribution in [3.8, 4) is 0 Å². The standard InChI is InChI=1S/C10H16N2O2S2/c1-2-16(13,14)6-5-12-10(15)7-9(11-12)8-3-4-8/h7-8,11H,2-6H2,1H3. The quantitative estimate of drug-likeness (QED) is 0.822. The zero-order valence-electron chi connectivity index (χ0n) is 9.27. The molecule has 16 heavy (non-hydrogen) atoms. The van der Waals surface area contributed by atoms with Gasteiger partial charge in [-0.05, 0) is 18.9 Å². The molecule has 1 aromatic heterocycles. The Morgan fingerprint density at radius 2 is 2.25 bits per heavy atom. The third kappa shape index (κ3) is 2.74. The summed E-state index contributed by atoms with van der Waals surface area (Å²) >= 11 is 5.18. The molecule has 1 heterocycles.